The predicted octanol–water partition coefficient (Wildman–Crippen LogP) is 2.22. The van der Waals surface area contributed by atoms with Crippen LogP contribution >= 0.6 is 0 Å². The highest BCUT2D eigenvalue weighted by Gasteiger charge is 2.17. The van der Waals surface area contributed by atoms with E-state index in [1.165, 1.54) is 16.9 Å². The standard InChI is InChI=1S/C13H15FN4O2/c1-13(2,3)7-18-16-11(15-17-18)9-5-4-8(12(19)20)6-10(9)14/h4-6H,7H2,1-3H3,(H,19,20). The molecule has 2 aromatic rings. The van der Waals surface area contributed by atoms with Crippen LogP contribution in [0, 0.1) is 11.2 Å². The first kappa shape index (κ1) is 14.1. The minimum absolute atomic E-state index is 0.0241. The van der Waals surface area contributed by atoms with Crippen LogP contribution in [0.5, 0.6) is 0 Å². The van der Waals surface area contributed by atoms with Crippen molar-refractivity contribution in [2.24, 2.45) is 5.41 Å². The van der Waals surface area contributed by atoms with Gasteiger partial charge < -0.3 is 5.11 Å². The minimum Gasteiger partial charge on any atom is -0.478 e. The van der Waals surface area contributed by atoms with E-state index in [9.17, 15) is 9.18 Å². The molecule has 0 spiro atoms. The number of benzene rings is 1. The van der Waals surface area contributed by atoms with Gasteiger partial charge in [-0.1, -0.05) is 20.8 Å². The first-order valence-corrected chi connectivity index (χ1v) is 6.07. The lowest BCUT2D eigenvalue weighted by Gasteiger charge is -2.15. The number of hydrogen-bond acceptors (Lipinski definition) is 4. The third-order valence-electron chi connectivity index (χ3n) is 2.53. The number of hydrogen-bond donors (Lipinski definition) is 1. The van der Waals surface area contributed by atoms with Crippen LogP contribution in [0.25, 0.3) is 11.4 Å². The summed E-state index contributed by atoms with van der Waals surface area (Å²) in [6.07, 6.45) is 0. The van der Waals surface area contributed by atoms with Gasteiger partial charge >= 0.3 is 5.97 Å². The number of carbonyl (C=O) groups is 1. The van der Waals surface area contributed by atoms with Gasteiger partial charge in [0.1, 0.15) is 5.82 Å². The maximum atomic E-state index is 13.9. The second-order valence-electron chi connectivity index (χ2n) is 5.70. The van der Waals surface area contributed by atoms with Gasteiger partial charge in [0.15, 0.2) is 0 Å². The van der Waals surface area contributed by atoms with E-state index in [1.807, 2.05) is 20.8 Å². The Morgan fingerprint density at radius 3 is 2.65 bits per heavy atom. The topological polar surface area (TPSA) is 80.9 Å². The van der Waals surface area contributed by atoms with E-state index < -0.39 is 11.8 Å². The lowest BCUT2D eigenvalue weighted by atomic mass is 9.97. The maximum Gasteiger partial charge on any atom is 0.335 e. The van der Waals surface area contributed by atoms with Gasteiger partial charge in [-0.05, 0) is 28.8 Å². The zero-order valence-electron chi connectivity index (χ0n) is 11.5. The highest BCUT2D eigenvalue weighted by molar-refractivity contribution is 5.88. The molecular formula is C13H15FN4O2. The van der Waals surface area contributed by atoms with E-state index in [2.05, 4.69) is 15.4 Å². The molecule has 20 heavy (non-hydrogen) atoms. The van der Waals surface area contributed by atoms with Gasteiger partial charge in [0, 0.05) is 0 Å². The van der Waals surface area contributed by atoms with Crippen LogP contribution in [0.15, 0.2) is 18.2 Å². The Hall–Kier alpha value is -2.31. The normalized spacial score (nSPS) is 11.6. The Kier molecular flexibility index (Phi) is 3.52. The van der Waals surface area contributed by atoms with Gasteiger partial charge in [0.25, 0.3) is 0 Å². The molecule has 0 aliphatic carbocycles. The van der Waals surface area contributed by atoms with E-state index in [4.69, 9.17) is 5.11 Å². The first-order valence-electron chi connectivity index (χ1n) is 6.07. The summed E-state index contributed by atoms with van der Waals surface area (Å²) >= 11 is 0. The molecule has 0 radical (unpaired) electrons. The summed E-state index contributed by atoms with van der Waals surface area (Å²) in [6.45, 7) is 6.63. The molecule has 0 fully saturated rings. The second kappa shape index (κ2) is 4.99. The van der Waals surface area contributed by atoms with Gasteiger partial charge in [-0.15, -0.1) is 10.2 Å². The lowest BCUT2D eigenvalue weighted by molar-refractivity contribution is 0.0696. The van der Waals surface area contributed by atoms with Crippen molar-refractivity contribution >= 4 is 5.97 Å². The summed E-state index contributed by atoms with van der Waals surface area (Å²) in [5, 5.41) is 20.6. The quantitative estimate of drug-likeness (QED) is 0.931. The van der Waals surface area contributed by atoms with Crippen LogP contribution < -0.4 is 0 Å². The fourth-order valence-electron chi connectivity index (χ4n) is 1.67. The summed E-state index contributed by atoms with van der Waals surface area (Å²) in [6, 6.07) is 3.60. The average molecular weight is 278 g/mol. The Bertz CT molecular complexity index is 646. The molecule has 0 bridgehead atoms. The molecule has 2 rings (SSSR count). The molecule has 1 aromatic carbocycles. The zero-order chi connectivity index (χ0) is 14.9. The molecule has 0 saturated carbocycles. The van der Waals surface area contributed by atoms with Gasteiger partial charge in [-0.3, -0.25) is 0 Å². The Morgan fingerprint density at radius 1 is 1.40 bits per heavy atom. The van der Waals surface area contributed by atoms with Crippen molar-refractivity contribution < 1.29 is 14.3 Å². The van der Waals surface area contributed by atoms with Crippen molar-refractivity contribution in [3.05, 3.63) is 29.6 Å². The van der Waals surface area contributed by atoms with E-state index in [0.717, 1.165) is 6.07 Å². The summed E-state index contributed by atoms with van der Waals surface area (Å²) in [7, 11) is 0. The predicted molar refractivity (Wildman–Crippen MR) is 69.6 cm³/mol. The molecule has 0 aliphatic heterocycles. The van der Waals surface area contributed by atoms with Crippen LogP contribution in [0.2, 0.25) is 0 Å². The molecule has 1 N–H and O–H groups in total. The van der Waals surface area contributed by atoms with Crippen molar-refractivity contribution in [2.75, 3.05) is 0 Å². The summed E-state index contributed by atoms with van der Waals surface area (Å²) in [5.41, 5.74) is -0.00700. The van der Waals surface area contributed by atoms with Crippen molar-refractivity contribution in [3.8, 4) is 11.4 Å². The largest absolute Gasteiger partial charge is 0.478 e. The SMILES string of the molecule is CC(C)(C)Cn1nnc(-c2ccc(C(=O)O)cc2F)n1. The highest BCUT2D eigenvalue weighted by Crippen LogP contribution is 2.21. The molecule has 7 heteroatoms. The third-order valence-corrected chi connectivity index (χ3v) is 2.53. The second-order valence-corrected chi connectivity index (χ2v) is 5.70. The first-order chi connectivity index (χ1) is 9.26. The summed E-state index contributed by atoms with van der Waals surface area (Å²) in [4.78, 5) is 12.2. The van der Waals surface area contributed by atoms with E-state index >= 15 is 0 Å². The number of tetrazole rings is 1. The van der Waals surface area contributed by atoms with Crippen LogP contribution in [0.1, 0.15) is 31.1 Å². The zero-order valence-corrected chi connectivity index (χ0v) is 11.5. The van der Waals surface area contributed by atoms with E-state index in [-0.39, 0.29) is 22.4 Å². The van der Waals surface area contributed by atoms with Gasteiger partial charge in [0.2, 0.25) is 5.82 Å². The maximum absolute atomic E-state index is 13.9. The lowest BCUT2D eigenvalue weighted by Crippen LogP contribution is -2.17. The van der Waals surface area contributed by atoms with Crippen molar-refractivity contribution in [1.82, 2.24) is 20.2 Å². The molecule has 106 valence electrons. The summed E-state index contributed by atoms with van der Waals surface area (Å²) in [5.74, 6) is -1.72. The smallest absolute Gasteiger partial charge is 0.335 e. The third kappa shape index (κ3) is 3.17. The molecule has 1 aromatic heterocycles. The molecule has 0 unspecified atom stereocenters. The van der Waals surface area contributed by atoms with Crippen molar-refractivity contribution in [1.29, 1.82) is 0 Å². The average Bonchev–Trinajstić information content (AvgIpc) is 2.74. The van der Waals surface area contributed by atoms with Gasteiger partial charge in [-0.25, -0.2) is 9.18 Å². The summed E-state index contributed by atoms with van der Waals surface area (Å²) < 4.78 is 13.9. The van der Waals surface area contributed by atoms with Crippen LogP contribution in [0.4, 0.5) is 4.39 Å². The van der Waals surface area contributed by atoms with Crippen LogP contribution in [-0.2, 0) is 6.54 Å². The number of nitrogens with zero attached hydrogens (tertiary/aromatic N) is 4. The Balaban J connectivity index is 2.31. The molecular weight excluding hydrogens is 263 g/mol. The van der Waals surface area contributed by atoms with E-state index in [0.29, 0.717) is 6.54 Å². The van der Waals surface area contributed by atoms with E-state index in [1.54, 1.807) is 0 Å². The van der Waals surface area contributed by atoms with Gasteiger partial charge in [-0.2, -0.15) is 4.80 Å². The number of aromatic nitrogens is 4. The van der Waals surface area contributed by atoms with Crippen molar-refractivity contribution in [3.63, 3.8) is 0 Å². The fourth-order valence-corrected chi connectivity index (χ4v) is 1.67. The number of aromatic carboxylic acids is 1. The number of carboxylic acids is 1. The number of halogens is 1. The number of rotatable bonds is 3. The number of carboxylic acid groups (broad SMARTS) is 1. The van der Waals surface area contributed by atoms with Gasteiger partial charge in [0.05, 0.1) is 17.7 Å². The highest BCUT2D eigenvalue weighted by atomic mass is 19.1. The minimum atomic E-state index is -1.18. The Morgan fingerprint density at radius 2 is 2.10 bits per heavy atom. The molecule has 0 aliphatic rings. The molecule has 0 saturated heterocycles. The molecule has 1 heterocycles. The molecule has 0 atom stereocenters. The Labute approximate surface area is 115 Å². The van der Waals surface area contributed by atoms with Crippen LogP contribution in [0.3, 0.4) is 0 Å². The molecule has 6 nitrogen and oxygen atoms in total. The van der Waals surface area contributed by atoms with Crippen molar-refractivity contribution in [2.45, 2.75) is 27.3 Å². The fraction of sp³-hybridized carbons (Fsp3) is 0.385. The monoisotopic (exact) mass is 278 g/mol. The molecule has 0 amide bonds. The van der Waals surface area contributed by atoms with Crippen LogP contribution in [-0.4, -0.2) is 31.3 Å².